The van der Waals surface area contributed by atoms with Gasteiger partial charge in [-0.1, -0.05) is 6.07 Å². The van der Waals surface area contributed by atoms with Crippen molar-refractivity contribution in [3.8, 4) is 5.75 Å². The average molecular weight is 415 g/mol. The van der Waals surface area contributed by atoms with Crippen LogP contribution in [-0.4, -0.2) is 79.6 Å². The molecule has 29 heavy (non-hydrogen) atoms. The highest BCUT2D eigenvalue weighted by Crippen LogP contribution is 2.23. The summed E-state index contributed by atoms with van der Waals surface area (Å²) in [5, 5.41) is 10.7. The van der Waals surface area contributed by atoms with Crippen molar-refractivity contribution in [1.82, 2.24) is 15.3 Å². The molecule has 1 saturated heterocycles. The Morgan fingerprint density at radius 1 is 1.31 bits per heavy atom. The van der Waals surface area contributed by atoms with Gasteiger partial charge in [0.1, 0.15) is 12.1 Å². The summed E-state index contributed by atoms with van der Waals surface area (Å²) in [6.45, 7) is 7.49. The highest BCUT2D eigenvalue weighted by Gasteiger charge is 2.31. The van der Waals surface area contributed by atoms with Crippen molar-refractivity contribution in [2.75, 3.05) is 53.0 Å². The van der Waals surface area contributed by atoms with Crippen LogP contribution in [0.4, 0.5) is 8.78 Å². The minimum Gasteiger partial charge on any atom is -0.489 e. The second-order valence-corrected chi connectivity index (χ2v) is 7.59. The number of carboxylic acids is 1. The van der Waals surface area contributed by atoms with Crippen LogP contribution in [0.1, 0.15) is 25.8 Å². The van der Waals surface area contributed by atoms with Gasteiger partial charge in [-0.25, -0.2) is 9.40 Å². The third kappa shape index (κ3) is 6.60. The van der Waals surface area contributed by atoms with Crippen LogP contribution >= 0.6 is 0 Å². The number of carboxylic acid groups (broad SMARTS) is 1. The Labute approximate surface area is 170 Å². The standard InChI is InChI=1S/C20H31F2N3O4/c1-20(2,19(26)27)24(3)23-8-4-5-15-6-7-16(18(22)17(15)21)29-14-11-25-9-12-28-13-10-25/h6-7,23H,4-5,8-14H2,1-3H3,(H,26,27). The van der Waals surface area contributed by atoms with E-state index in [-0.39, 0.29) is 17.9 Å². The predicted octanol–water partition coefficient (Wildman–Crippen LogP) is 1.91. The van der Waals surface area contributed by atoms with Gasteiger partial charge < -0.3 is 14.6 Å². The van der Waals surface area contributed by atoms with E-state index < -0.39 is 23.1 Å². The lowest BCUT2D eigenvalue weighted by Gasteiger charge is -2.31. The highest BCUT2D eigenvalue weighted by molar-refractivity contribution is 5.77. The smallest absolute Gasteiger partial charge is 0.324 e. The SMILES string of the molecule is CN(NCCCc1ccc(OCCN2CCOCC2)c(F)c1F)C(C)(C)C(=O)O. The molecule has 0 unspecified atom stereocenters. The van der Waals surface area contributed by atoms with E-state index in [0.717, 1.165) is 13.1 Å². The number of carbonyl (C=O) groups is 1. The molecule has 1 aliphatic heterocycles. The fourth-order valence-electron chi connectivity index (χ4n) is 2.85. The summed E-state index contributed by atoms with van der Waals surface area (Å²) >= 11 is 0. The number of halogens is 2. The van der Waals surface area contributed by atoms with Crippen molar-refractivity contribution in [2.24, 2.45) is 0 Å². The molecular formula is C20H31F2N3O4. The molecule has 1 aromatic carbocycles. The van der Waals surface area contributed by atoms with Crippen LogP contribution in [0, 0.1) is 11.6 Å². The van der Waals surface area contributed by atoms with E-state index in [1.807, 2.05) is 0 Å². The second-order valence-electron chi connectivity index (χ2n) is 7.59. The van der Waals surface area contributed by atoms with Gasteiger partial charge in [0, 0.05) is 33.2 Å². The van der Waals surface area contributed by atoms with Gasteiger partial charge in [0.2, 0.25) is 5.82 Å². The molecule has 0 aromatic heterocycles. The number of rotatable bonds is 11. The van der Waals surface area contributed by atoms with Gasteiger partial charge in [0.25, 0.3) is 0 Å². The van der Waals surface area contributed by atoms with E-state index in [9.17, 15) is 18.7 Å². The molecule has 0 atom stereocenters. The molecule has 1 heterocycles. The van der Waals surface area contributed by atoms with Gasteiger partial charge in [-0.2, -0.15) is 4.39 Å². The Bertz CT molecular complexity index is 682. The molecule has 9 heteroatoms. The monoisotopic (exact) mass is 415 g/mol. The lowest BCUT2D eigenvalue weighted by atomic mass is 10.1. The van der Waals surface area contributed by atoms with Crippen LogP contribution in [0.5, 0.6) is 5.75 Å². The Kier molecular flexibility index (Phi) is 8.76. The van der Waals surface area contributed by atoms with Gasteiger partial charge in [-0.05, 0) is 38.3 Å². The van der Waals surface area contributed by atoms with Gasteiger partial charge in [-0.15, -0.1) is 0 Å². The number of nitrogens with one attached hydrogen (secondary N) is 1. The van der Waals surface area contributed by atoms with Gasteiger partial charge in [0.05, 0.1) is 13.2 Å². The molecule has 0 saturated carbocycles. The molecule has 2 N–H and O–H groups in total. The molecule has 1 aromatic rings. The van der Waals surface area contributed by atoms with Crippen LogP contribution in [0.25, 0.3) is 0 Å². The number of aryl methyl sites for hydroxylation is 1. The average Bonchev–Trinajstić information content (AvgIpc) is 2.70. The van der Waals surface area contributed by atoms with Crippen LogP contribution < -0.4 is 10.2 Å². The Hall–Kier alpha value is -1.81. The number of ether oxygens (including phenoxy) is 2. The Morgan fingerprint density at radius 2 is 2.00 bits per heavy atom. The van der Waals surface area contributed by atoms with E-state index in [1.54, 1.807) is 20.9 Å². The lowest BCUT2D eigenvalue weighted by Crippen LogP contribution is -2.54. The van der Waals surface area contributed by atoms with E-state index in [0.29, 0.717) is 39.1 Å². The summed E-state index contributed by atoms with van der Waals surface area (Å²) in [5.74, 6) is -2.90. The van der Waals surface area contributed by atoms with Gasteiger partial charge in [0.15, 0.2) is 11.6 Å². The normalized spacial score (nSPS) is 15.7. The van der Waals surface area contributed by atoms with E-state index in [4.69, 9.17) is 9.47 Å². The molecule has 164 valence electrons. The van der Waals surface area contributed by atoms with Crippen molar-refractivity contribution in [2.45, 2.75) is 32.2 Å². The largest absolute Gasteiger partial charge is 0.489 e. The number of likely N-dealkylation sites (N-methyl/N-ethyl adjacent to an activating group) is 1. The first-order chi connectivity index (χ1) is 13.7. The molecule has 2 rings (SSSR count). The summed E-state index contributed by atoms with van der Waals surface area (Å²) in [6.07, 6.45) is 0.846. The summed E-state index contributed by atoms with van der Waals surface area (Å²) in [6, 6.07) is 2.99. The maximum atomic E-state index is 14.3. The summed E-state index contributed by atoms with van der Waals surface area (Å²) in [4.78, 5) is 13.4. The first-order valence-corrected chi connectivity index (χ1v) is 9.84. The van der Waals surface area contributed by atoms with Crippen LogP contribution in [0.2, 0.25) is 0 Å². The Balaban J connectivity index is 1.78. The molecule has 0 aliphatic carbocycles. The van der Waals surface area contributed by atoms with Crippen molar-refractivity contribution in [3.05, 3.63) is 29.3 Å². The molecule has 7 nitrogen and oxygen atoms in total. The quantitative estimate of drug-likeness (QED) is 0.422. The molecule has 1 aliphatic rings. The highest BCUT2D eigenvalue weighted by atomic mass is 19.2. The fraction of sp³-hybridized carbons (Fsp3) is 0.650. The summed E-state index contributed by atoms with van der Waals surface area (Å²) in [5.41, 5.74) is 2.17. The third-order valence-electron chi connectivity index (χ3n) is 5.23. The lowest BCUT2D eigenvalue weighted by molar-refractivity contribution is -0.150. The zero-order chi connectivity index (χ0) is 21.4. The van der Waals surface area contributed by atoms with Gasteiger partial charge in [-0.3, -0.25) is 15.1 Å². The van der Waals surface area contributed by atoms with Crippen molar-refractivity contribution in [3.63, 3.8) is 0 Å². The van der Waals surface area contributed by atoms with Crippen LogP contribution in [0.15, 0.2) is 12.1 Å². The minimum atomic E-state index is -1.07. The number of hydrogen-bond donors (Lipinski definition) is 2. The van der Waals surface area contributed by atoms with Crippen molar-refractivity contribution < 1.29 is 28.2 Å². The number of hydrazine groups is 1. The molecule has 0 spiro atoms. The molecular weight excluding hydrogens is 384 g/mol. The zero-order valence-corrected chi connectivity index (χ0v) is 17.3. The summed E-state index contributed by atoms with van der Waals surface area (Å²) in [7, 11) is 1.64. The first kappa shape index (κ1) is 23.5. The minimum absolute atomic E-state index is 0.0828. The predicted molar refractivity (Wildman–Crippen MR) is 105 cm³/mol. The maximum Gasteiger partial charge on any atom is 0.324 e. The van der Waals surface area contributed by atoms with Crippen LogP contribution in [-0.2, 0) is 16.0 Å². The van der Waals surface area contributed by atoms with Gasteiger partial charge >= 0.3 is 5.97 Å². The number of nitrogens with zero attached hydrogens (tertiary/aromatic N) is 2. The molecule has 0 amide bonds. The number of morpholine rings is 1. The van der Waals surface area contributed by atoms with E-state index in [2.05, 4.69) is 10.3 Å². The molecule has 0 bridgehead atoms. The topological polar surface area (TPSA) is 74.3 Å². The maximum absolute atomic E-state index is 14.3. The number of hydrogen-bond acceptors (Lipinski definition) is 6. The second kappa shape index (κ2) is 10.8. The van der Waals surface area contributed by atoms with Crippen molar-refractivity contribution in [1.29, 1.82) is 0 Å². The van der Waals surface area contributed by atoms with Crippen LogP contribution in [0.3, 0.4) is 0 Å². The van der Waals surface area contributed by atoms with Crippen molar-refractivity contribution >= 4 is 5.97 Å². The van der Waals surface area contributed by atoms with E-state index >= 15 is 0 Å². The molecule has 0 radical (unpaired) electrons. The zero-order valence-electron chi connectivity index (χ0n) is 17.3. The molecule has 1 fully saturated rings. The fourth-order valence-corrected chi connectivity index (χ4v) is 2.85. The number of benzene rings is 1. The Morgan fingerprint density at radius 3 is 2.66 bits per heavy atom. The third-order valence-corrected chi connectivity index (χ3v) is 5.23. The number of aliphatic carboxylic acids is 1. The summed E-state index contributed by atoms with van der Waals surface area (Å²) < 4.78 is 39.3. The van der Waals surface area contributed by atoms with E-state index in [1.165, 1.54) is 17.1 Å². The first-order valence-electron chi connectivity index (χ1n) is 9.84.